The maximum atomic E-state index is 11.6. The maximum Gasteiger partial charge on any atom is 0.343 e. The summed E-state index contributed by atoms with van der Waals surface area (Å²) in [5, 5.41) is 0.402. The standard InChI is InChI=1S/C11H18N2O3S/c1-3-4-5-15-6-7-16-11(14)9-8(2)13-17-10(9)12/h3-7,12H2,1-2H3. The molecule has 0 atom stereocenters. The van der Waals surface area contributed by atoms with Crippen LogP contribution in [0.15, 0.2) is 0 Å². The number of nitrogens with two attached hydrogens (primary N) is 1. The van der Waals surface area contributed by atoms with Crippen LogP contribution in [0.2, 0.25) is 0 Å². The summed E-state index contributed by atoms with van der Waals surface area (Å²) in [5.74, 6) is -0.423. The zero-order valence-electron chi connectivity index (χ0n) is 10.2. The number of nitrogen functional groups attached to an aromatic ring is 1. The number of rotatable bonds is 7. The highest BCUT2D eigenvalue weighted by atomic mass is 32.1. The monoisotopic (exact) mass is 258 g/mol. The number of esters is 1. The van der Waals surface area contributed by atoms with Crippen LogP contribution in [0.5, 0.6) is 0 Å². The number of anilines is 1. The van der Waals surface area contributed by atoms with Crippen LogP contribution in [0.1, 0.15) is 35.8 Å². The second-order valence-corrected chi connectivity index (χ2v) is 4.41. The number of nitrogens with zero attached hydrogens (tertiary/aromatic N) is 1. The van der Waals surface area contributed by atoms with E-state index in [2.05, 4.69) is 11.3 Å². The molecule has 0 saturated carbocycles. The quantitative estimate of drug-likeness (QED) is 0.598. The van der Waals surface area contributed by atoms with Crippen molar-refractivity contribution in [1.82, 2.24) is 4.37 Å². The fourth-order valence-electron chi connectivity index (χ4n) is 1.25. The van der Waals surface area contributed by atoms with Crippen molar-refractivity contribution < 1.29 is 14.3 Å². The third-order valence-corrected chi connectivity index (χ3v) is 2.96. The molecule has 0 unspecified atom stereocenters. The second-order valence-electron chi connectivity index (χ2n) is 3.61. The number of carbonyl (C=O) groups is 1. The van der Waals surface area contributed by atoms with Crippen molar-refractivity contribution in [1.29, 1.82) is 0 Å². The van der Waals surface area contributed by atoms with Crippen molar-refractivity contribution in [3.63, 3.8) is 0 Å². The van der Waals surface area contributed by atoms with Crippen LogP contribution in [-0.2, 0) is 9.47 Å². The van der Waals surface area contributed by atoms with Gasteiger partial charge in [-0.1, -0.05) is 13.3 Å². The average Bonchev–Trinajstić information content (AvgIpc) is 2.63. The number of hydrogen-bond acceptors (Lipinski definition) is 6. The lowest BCUT2D eigenvalue weighted by atomic mass is 10.2. The molecule has 96 valence electrons. The van der Waals surface area contributed by atoms with Crippen molar-refractivity contribution >= 4 is 22.5 Å². The molecule has 0 fully saturated rings. The van der Waals surface area contributed by atoms with E-state index in [-0.39, 0.29) is 6.61 Å². The Bertz CT molecular complexity index is 346. The molecular formula is C11H18N2O3S. The summed E-state index contributed by atoms with van der Waals surface area (Å²) >= 11 is 1.11. The lowest BCUT2D eigenvalue weighted by molar-refractivity contribution is 0.0314. The Morgan fingerprint density at radius 1 is 1.41 bits per heavy atom. The van der Waals surface area contributed by atoms with Gasteiger partial charge in [-0.15, -0.1) is 0 Å². The number of aromatic nitrogens is 1. The predicted molar refractivity (Wildman–Crippen MR) is 67.3 cm³/mol. The van der Waals surface area contributed by atoms with E-state index in [1.54, 1.807) is 6.92 Å². The molecule has 0 radical (unpaired) electrons. The molecule has 0 aromatic carbocycles. The smallest absolute Gasteiger partial charge is 0.343 e. The average molecular weight is 258 g/mol. The van der Waals surface area contributed by atoms with Gasteiger partial charge in [0.2, 0.25) is 0 Å². The molecule has 0 bridgehead atoms. The van der Waals surface area contributed by atoms with E-state index in [0.717, 1.165) is 24.4 Å². The molecule has 1 aromatic rings. The van der Waals surface area contributed by atoms with Crippen LogP contribution in [0.3, 0.4) is 0 Å². The van der Waals surface area contributed by atoms with Crippen molar-refractivity contribution in [2.75, 3.05) is 25.6 Å². The van der Waals surface area contributed by atoms with E-state index in [4.69, 9.17) is 15.2 Å². The Morgan fingerprint density at radius 3 is 2.76 bits per heavy atom. The maximum absolute atomic E-state index is 11.6. The molecule has 1 rings (SSSR count). The first kappa shape index (κ1) is 13.9. The Kier molecular flexibility index (Phi) is 5.93. The van der Waals surface area contributed by atoms with Gasteiger partial charge in [-0.25, -0.2) is 4.79 Å². The number of carbonyl (C=O) groups excluding carboxylic acids is 1. The van der Waals surface area contributed by atoms with Crippen molar-refractivity contribution in [2.24, 2.45) is 0 Å². The molecule has 2 N–H and O–H groups in total. The van der Waals surface area contributed by atoms with E-state index in [1.165, 1.54) is 0 Å². The topological polar surface area (TPSA) is 74.4 Å². The molecular weight excluding hydrogens is 240 g/mol. The molecule has 1 heterocycles. The normalized spacial score (nSPS) is 10.5. The van der Waals surface area contributed by atoms with Crippen LogP contribution < -0.4 is 5.73 Å². The molecule has 0 spiro atoms. The first-order valence-electron chi connectivity index (χ1n) is 5.63. The summed E-state index contributed by atoms with van der Waals surface area (Å²) in [4.78, 5) is 11.6. The highest BCUT2D eigenvalue weighted by Gasteiger charge is 2.17. The third-order valence-electron chi connectivity index (χ3n) is 2.20. The highest BCUT2D eigenvalue weighted by Crippen LogP contribution is 2.21. The summed E-state index contributed by atoms with van der Waals surface area (Å²) in [5.41, 5.74) is 6.63. The van der Waals surface area contributed by atoms with E-state index >= 15 is 0 Å². The number of ether oxygens (including phenoxy) is 2. The van der Waals surface area contributed by atoms with Crippen LogP contribution in [0, 0.1) is 6.92 Å². The van der Waals surface area contributed by atoms with Gasteiger partial charge < -0.3 is 15.2 Å². The summed E-state index contributed by atoms with van der Waals surface area (Å²) in [6.45, 7) is 5.20. The lowest BCUT2D eigenvalue weighted by Gasteiger charge is -2.05. The minimum Gasteiger partial charge on any atom is -0.460 e. The number of aryl methyl sites for hydroxylation is 1. The predicted octanol–water partition coefficient (Wildman–Crippen LogP) is 2.01. The molecule has 0 aliphatic rings. The number of hydrogen-bond donors (Lipinski definition) is 1. The summed E-state index contributed by atoms with van der Waals surface area (Å²) < 4.78 is 14.3. The van der Waals surface area contributed by atoms with Crippen LogP contribution in [0.4, 0.5) is 5.00 Å². The van der Waals surface area contributed by atoms with Crippen LogP contribution >= 0.6 is 11.5 Å². The van der Waals surface area contributed by atoms with Gasteiger partial charge in [0.15, 0.2) is 0 Å². The van der Waals surface area contributed by atoms with Gasteiger partial charge in [0, 0.05) is 6.61 Å². The molecule has 17 heavy (non-hydrogen) atoms. The minimum atomic E-state index is -0.423. The first-order chi connectivity index (χ1) is 8.16. The number of unbranched alkanes of at least 4 members (excludes halogenated alkanes) is 1. The van der Waals surface area contributed by atoms with E-state index < -0.39 is 5.97 Å². The van der Waals surface area contributed by atoms with Crippen molar-refractivity contribution in [2.45, 2.75) is 26.7 Å². The van der Waals surface area contributed by atoms with E-state index in [9.17, 15) is 4.79 Å². The molecule has 5 nitrogen and oxygen atoms in total. The van der Waals surface area contributed by atoms with Gasteiger partial charge in [-0.2, -0.15) is 4.37 Å². The first-order valence-corrected chi connectivity index (χ1v) is 6.40. The van der Waals surface area contributed by atoms with Gasteiger partial charge in [0.1, 0.15) is 17.2 Å². The molecule has 0 saturated heterocycles. The minimum absolute atomic E-state index is 0.247. The highest BCUT2D eigenvalue weighted by molar-refractivity contribution is 7.10. The molecule has 0 amide bonds. The Balaban J connectivity index is 2.26. The fraction of sp³-hybridized carbons (Fsp3) is 0.636. The van der Waals surface area contributed by atoms with Crippen molar-refractivity contribution in [3.05, 3.63) is 11.3 Å². The summed E-state index contributed by atoms with van der Waals surface area (Å²) in [6.07, 6.45) is 2.12. The Labute approximate surface area is 105 Å². The summed E-state index contributed by atoms with van der Waals surface area (Å²) in [6, 6.07) is 0. The van der Waals surface area contributed by atoms with Crippen molar-refractivity contribution in [3.8, 4) is 0 Å². The van der Waals surface area contributed by atoms with E-state index in [0.29, 0.717) is 29.5 Å². The van der Waals surface area contributed by atoms with Gasteiger partial charge in [-0.3, -0.25) is 0 Å². The summed E-state index contributed by atoms with van der Waals surface area (Å²) in [7, 11) is 0. The lowest BCUT2D eigenvalue weighted by Crippen LogP contribution is -2.12. The van der Waals surface area contributed by atoms with E-state index in [1.807, 2.05) is 0 Å². The molecule has 1 aromatic heterocycles. The molecule has 0 aliphatic heterocycles. The van der Waals surface area contributed by atoms with Gasteiger partial charge in [-0.05, 0) is 24.9 Å². The van der Waals surface area contributed by atoms with Crippen LogP contribution in [0.25, 0.3) is 0 Å². The van der Waals surface area contributed by atoms with Crippen LogP contribution in [-0.4, -0.2) is 30.2 Å². The largest absolute Gasteiger partial charge is 0.460 e. The third kappa shape index (κ3) is 4.32. The molecule has 6 heteroatoms. The van der Waals surface area contributed by atoms with Gasteiger partial charge >= 0.3 is 5.97 Å². The second kappa shape index (κ2) is 7.24. The fourth-order valence-corrected chi connectivity index (χ4v) is 1.90. The molecule has 0 aliphatic carbocycles. The Morgan fingerprint density at radius 2 is 2.18 bits per heavy atom. The Hall–Kier alpha value is -1.14. The van der Waals surface area contributed by atoms with Gasteiger partial charge in [0.25, 0.3) is 0 Å². The zero-order valence-corrected chi connectivity index (χ0v) is 11.0. The van der Waals surface area contributed by atoms with Gasteiger partial charge in [0.05, 0.1) is 12.3 Å². The SMILES string of the molecule is CCCCOCCOC(=O)c1c(C)nsc1N. The zero-order chi connectivity index (χ0) is 12.7.